The summed E-state index contributed by atoms with van der Waals surface area (Å²) >= 11 is 0. The fraction of sp³-hybridized carbons (Fsp3) is 0.667. The molecule has 1 heterocycles. The molecule has 0 bridgehead atoms. The van der Waals surface area contributed by atoms with Gasteiger partial charge in [0, 0.05) is 24.2 Å². The first-order valence-electron chi connectivity index (χ1n) is 6.42. The summed E-state index contributed by atoms with van der Waals surface area (Å²) in [5.41, 5.74) is 11.8. The molecule has 0 aliphatic heterocycles. The Hall–Kier alpha value is -1.40. The maximum absolute atomic E-state index is 12.3. The van der Waals surface area contributed by atoms with Gasteiger partial charge in [0.15, 0.2) is 0 Å². The van der Waals surface area contributed by atoms with Crippen molar-refractivity contribution in [2.45, 2.75) is 32.2 Å². The van der Waals surface area contributed by atoms with Gasteiger partial charge in [-0.05, 0) is 38.3 Å². The van der Waals surface area contributed by atoms with Crippen LogP contribution in [0.15, 0.2) is 9.59 Å². The van der Waals surface area contributed by atoms with Gasteiger partial charge in [-0.1, -0.05) is 0 Å². The lowest BCUT2D eigenvalue weighted by Gasteiger charge is -2.11. The highest BCUT2D eigenvalue weighted by atomic mass is 16.2. The second kappa shape index (κ2) is 5.49. The van der Waals surface area contributed by atoms with Gasteiger partial charge in [0.25, 0.3) is 5.56 Å². The highest BCUT2D eigenvalue weighted by Gasteiger charge is 2.24. The first-order chi connectivity index (χ1) is 8.67. The summed E-state index contributed by atoms with van der Waals surface area (Å²) < 4.78 is 1.31. The van der Waals surface area contributed by atoms with Crippen molar-refractivity contribution in [2.24, 2.45) is 17.4 Å². The van der Waals surface area contributed by atoms with E-state index in [4.69, 9.17) is 11.5 Å². The SMILES string of the molecule is NCCc1[nH]c(=O)n(CC2CC2)c(=O)c1CCN. The van der Waals surface area contributed by atoms with Gasteiger partial charge in [-0.3, -0.25) is 9.36 Å². The lowest BCUT2D eigenvalue weighted by Crippen LogP contribution is -2.40. The Morgan fingerprint density at radius 1 is 1.17 bits per heavy atom. The Bertz CT molecular complexity index is 528. The van der Waals surface area contributed by atoms with Crippen molar-refractivity contribution in [3.8, 4) is 0 Å². The number of nitrogens with one attached hydrogen (secondary N) is 1. The zero-order valence-electron chi connectivity index (χ0n) is 10.4. The van der Waals surface area contributed by atoms with Crippen LogP contribution in [-0.2, 0) is 19.4 Å². The van der Waals surface area contributed by atoms with E-state index in [2.05, 4.69) is 4.98 Å². The Kier molecular flexibility index (Phi) is 3.98. The van der Waals surface area contributed by atoms with Crippen LogP contribution in [0.2, 0.25) is 0 Å². The van der Waals surface area contributed by atoms with Crippen LogP contribution < -0.4 is 22.7 Å². The standard InChI is InChI=1S/C12H20N4O2/c13-5-3-9-10(4-6-14)15-12(18)16(11(9)17)7-8-1-2-8/h8H,1-7,13-14H2,(H,15,18). The first kappa shape index (κ1) is 13.0. The molecule has 2 rings (SSSR count). The first-order valence-corrected chi connectivity index (χ1v) is 6.42. The third-order valence-corrected chi connectivity index (χ3v) is 3.30. The van der Waals surface area contributed by atoms with Gasteiger partial charge in [-0.25, -0.2) is 4.79 Å². The minimum absolute atomic E-state index is 0.195. The Morgan fingerprint density at radius 2 is 1.83 bits per heavy atom. The predicted octanol–water partition coefficient (Wildman–Crippen LogP) is -1.05. The Balaban J connectivity index is 2.44. The summed E-state index contributed by atoms with van der Waals surface area (Å²) in [5, 5.41) is 0. The van der Waals surface area contributed by atoms with Gasteiger partial charge in [-0.2, -0.15) is 0 Å². The van der Waals surface area contributed by atoms with E-state index in [-0.39, 0.29) is 11.2 Å². The van der Waals surface area contributed by atoms with Gasteiger partial charge >= 0.3 is 5.69 Å². The topological polar surface area (TPSA) is 107 Å². The normalized spacial score (nSPS) is 15.0. The summed E-state index contributed by atoms with van der Waals surface area (Å²) in [5.74, 6) is 0.481. The molecule has 0 saturated heterocycles. The van der Waals surface area contributed by atoms with Crippen LogP contribution in [0.3, 0.4) is 0 Å². The van der Waals surface area contributed by atoms with E-state index in [1.165, 1.54) is 4.57 Å². The molecular weight excluding hydrogens is 232 g/mol. The zero-order valence-corrected chi connectivity index (χ0v) is 10.4. The second-order valence-electron chi connectivity index (χ2n) is 4.82. The van der Waals surface area contributed by atoms with Crippen LogP contribution in [0, 0.1) is 5.92 Å². The number of hydrogen-bond acceptors (Lipinski definition) is 4. The predicted molar refractivity (Wildman–Crippen MR) is 69.6 cm³/mol. The van der Waals surface area contributed by atoms with E-state index in [0.717, 1.165) is 12.8 Å². The van der Waals surface area contributed by atoms with Crippen LogP contribution >= 0.6 is 0 Å². The summed E-state index contributed by atoms with van der Waals surface area (Å²) in [6, 6.07) is 0. The fourth-order valence-electron chi connectivity index (χ4n) is 2.14. The fourth-order valence-corrected chi connectivity index (χ4v) is 2.14. The summed E-state index contributed by atoms with van der Waals surface area (Å²) in [4.78, 5) is 27.0. The van der Waals surface area contributed by atoms with E-state index >= 15 is 0 Å². The van der Waals surface area contributed by atoms with Crippen molar-refractivity contribution in [1.29, 1.82) is 0 Å². The van der Waals surface area contributed by atoms with Gasteiger partial charge in [0.2, 0.25) is 0 Å². The molecule has 1 aliphatic carbocycles. The average molecular weight is 252 g/mol. The third-order valence-electron chi connectivity index (χ3n) is 3.30. The summed E-state index contributed by atoms with van der Waals surface area (Å²) in [6.07, 6.45) is 3.19. The van der Waals surface area contributed by atoms with Gasteiger partial charge in [0.1, 0.15) is 0 Å². The number of aromatic nitrogens is 2. The number of nitrogens with zero attached hydrogens (tertiary/aromatic N) is 1. The average Bonchev–Trinajstić information content (AvgIpc) is 3.14. The second-order valence-corrected chi connectivity index (χ2v) is 4.82. The number of nitrogens with two attached hydrogens (primary N) is 2. The minimum Gasteiger partial charge on any atom is -0.330 e. The Morgan fingerprint density at radius 3 is 2.39 bits per heavy atom. The molecular formula is C12H20N4O2. The van der Waals surface area contributed by atoms with Crippen LogP contribution in [0.1, 0.15) is 24.1 Å². The summed E-state index contributed by atoms with van der Waals surface area (Å²) in [7, 11) is 0. The maximum Gasteiger partial charge on any atom is 0.328 e. The number of rotatable bonds is 6. The van der Waals surface area contributed by atoms with Gasteiger partial charge in [-0.15, -0.1) is 0 Å². The lowest BCUT2D eigenvalue weighted by molar-refractivity contribution is 0.562. The lowest BCUT2D eigenvalue weighted by atomic mass is 10.1. The van der Waals surface area contributed by atoms with Crippen molar-refractivity contribution in [3.63, 3.8) is 0 Å². The molecule has 1 aliphatic rings. The molecule has 5 N–H and O–H groups in total. The number of H-pyrrole nitrogens is 1. The molecule has 100 valence electrons. The van der Waals surface area contributed by atoms with Crippen molar-refractivity contribution >= 4 is 0 Å². The minimum atomic E-state index is -0.323. The van der Waals surface area contributed by atoms with E-state index in [1.54, 1.807) is 0 Å². The van der Waals surface area contributed by atoms with E-state index < -0.39 is 0 Å². The van der Waals surface area contributed by atoms with Crippen LogP contribution in [0.5, 0.6) is 0 Å². The van der Waals surface area contributed by atoms with Crippen LogP contribution in [0.25, 0.3) is 0 Å². The summed E-state index contributed by atoms with van der Waals surface area (Å²) in [6.45, 7) is 1.32. The molecule has 6 nitrogen and oxygen atoms in total. The molecule has 1 fully saturated rings. The maximum atomic E-state index is 12.3. The molecule has 0 radical (unpaired) electrons. The molecule has 1 aromatic heterocycles. The largest absolute Gasteiger partial charge is 0.330 e. The molecule has 0 amide bonds. The van der Waals surface area contributed by atoms with E-state index in [0.29, 0.717) is 49.7 Å². The van der Waals surface area contributed by atoms with Crippen molar-refractivity contribution in [1.82, 2.24) is 9.55 Å². The number of aromatic amines is 1. The molecule has 0 spiro atoms. The molecule has 6 heteroatoms. The smallest absolute Gasteiger partial charge is 0.328 e. The van der Waals surface area contributed by atoms with Crippen molar-refractivity contribution in [2.75, 3.05) is 13.1 Å². The highest BCUT2D eigenvalue weighted by Crippen LogP contribution is 2.29. The molecule has 1 aromatic rings. The van der Waals surface area contributed by atoms with Crippen LogP contribution in [0.4, 0.5) is 0 Å². The molecule has 0 aromatic carbocycles. The van der Waals surface area contributed by atoms with Crippen molar-refractivity contribution < 1.29 is 0 Å². The molecule has 1 saturated carbocycles. The van der Waals surface area contributed by atoms with E-state index in [1.807, 2.05) is 0 Å². The Labute approximate surface area is 105 Å². The van der Waals surface area contributed by atoms with Crippen molar-refractivity contribution in [3.05, 3.63) is 32.1 Å². The monoisotopic (exact) mass is 252 g/mol. The molecule has 18 heavy (non-hydrogen) atoms. The third kappa shape index (κ3) is 2.70. The zero-order chi connectivity index (χ0) is 13.1. The van der Waals surface area contributed by atoms with E-state index in [9.17, 15) is 9.59 Å². The van der Waals surface area contributed by atoms with Crippen LogP contribution in [-0.4, -0.2) is 22.6 Å². The highest BCUT2D eigenvalue weighted by molar-refractivity contribution is 5.18. The quantitative estimate of drug-likeness (QED) is 0.600. The molecule has 0 unspecified atom stereocenters. The van der Waals surface area contributed by atoms with Gasteiger partial charge in [0.05, 0.1) is 0 Å². The molecule has 0 atom stereocenters. The number of hydrogen-bond donors (Lipinski definition) is 3. The van der Waals surface area contributed by atoms with Gasteiger partial charge < -0.3 is 16.5 Å².